The Morgan fingerprint density at radius 2 is 1.00 bits per heavy atom. The average molecular weight is 282 g/mol. The maximum absolute atomic E-state index is 11.5. The van der Waals surface area contributed by atoms with Crippen LogP contribution in [0.25, 0.3) is 0 Å². The minimum Gasteiger partial charge on any atom is -0.486 e. The highest BCUT2D eigenvalue weighted by atomic mass is 16.5. The summed E-state index contributed by atoms with van der Waals surface area (Å²) < 4.78 is 11.0. The topological polar surface area (TPSA) is 52.6 Å². The van der Waals surface area contributed by atoms with Crippen LogP contribution in [0.2, 0.25) is 0 Å². The Bertz CT molecular complexity index is 419. The minimum absolute atomic E-state index is 0.132. The van der Waals surface area contributed by atoms with E-state index in [4.69, 9.17) is 9.47 Å². The minimum atomic E-state index is -0.546. The molecule has 0 heterocycles. The van der Waals surface area contributed by atoms with Crippen LogP contribution in [-0.4, -0.2) is 13.2 Å². The first-order chi connectivity index (χ1) is 9.58. The fourth-order valence-corrected chi connectivity index (χ4v) is 2.06. The van der Waals surface area contributed by atoms with Crippen LogP contribution in [0.15, 0.2) is 9.59 Å². The molecule has 0 N–H and O–H groups in total. The van der Waals surface area contributed by atoms with E-state index in [9.17, 15) is 9.59 Å². The molecule has 0 aliphatic carbocycles. The SMILES string of the molecule is CCC(CC)COc1c(OCC(CC)CC)c(=O)c1=O. The first-order valence-electron chi connectivity index (χ1n) is 7.67. The van der Waals surface area contributed by atoms with Crippen molar-refractivity contribution in [2.45, 2.75) is 53.4 Å². The van der Waals surface area contributed by atoms with Crippen molar-refractivity contribution in [1.29, 1.82) is 0 Å². The second kappa shape index (κ2) is 8.08. The van der Waals surface area contributed by atoms with Crippen LogP contribution in [0.5, 0.6) is 11.5 Å². The van der Waals surface area contributed by atoms with Crippen LogP contribution < -0.4 is 20.3 Å². The zero-order valence-electron chi connectivity index (χ0n) is 13.0. The van der Waals surface area contributed by atoms with Crippen molar-refractivity contribution in [1.82, 2.24) is 0 Å². The highest BCUT2D eigenvalue weighted by Crippen LogP contribution is 2.23. The fraction of sp³-hybridized carbons (Fsp3) is 0.750. The zero-order valence-corrected chi connectivity index (χ0v) is 13.0. The molecular formula is C16H26O4. The Hall–Kier alpha value is -1.32. The van der Waals surface area contributed by atoms with Gasteiger partial charge in [-0.3, -0.25) is 9.59 Å². The van der Waals surface area contributed by atoms with Gasteiger partial charge in [-0.15, -0.1) is 0 Å². The molecule has 0 spiro atoms. The van der Waals surface area contributed by atoms with E-state index in [-0.39, 0.29) is 11.5 Å². The Morgan fingerprint density at radius 1 is 0.700 bits per heavy atom. The van der Waals surface area contributed by atoms with E-state index < -0.39 is 10.9 Å². The zero-order chi connectivity index (χ0) is 15.1. The molecule has 4 nitrogen and oxygen atoms in total. The Morgan fingerprint density at radius 3 is 1.25 bits per heavy atom. The van der Waals surface area contributed by atoms with Crippen molar-refractivity contribution in [3.63, 3.8) is 0 Å². The molecule has 0 aromatic heterocycles. The van der Waals surface area contributed by atoms with E-state index in [0.717, 1.165) is 25.7 Å². The van der Waals surface area contributed by atoms with E-state index in [1.807, 2.05) is 0 Å². The molecule has 1 aromatic rings. The van der Waals surface area contributed by atoms with Gasteiger partial charge in [-0.1, -0.05) is 53.4 Å². The second-order valence-electron chi connectivity index (χ2n) is 5.30. The van der Waals surface area contributed by atoms with E-state index in [1.54, 1.807) is 0 Å². The van der Waals surface area contributed by atoms with Gasteiger partial charge in [0.2, 0.25) is 11.5 Å². The highest BCUT2D eigenvalue weighted by Gasteiger charge is 2.25. The van der Waals surface area contributed by atoms with E-state index >= 15 is 0 Å². The molecule has 0 atom stereocenters. The van der Waals surface area contributed by atoms with Crippen LogP contribution in [0.3, 0.4) is 0 Å². The van der Waals surface area contributed by atoms with Gasteiger partial charge in [-0.25, -0.2) is 0 Å². The molecule has 0 radical (unpaired) electrons. The molecule has 0 saturated heterocycles. The largest absolute Gasteiger partial charge is 0.486 e. The summed E-state index contributed by atoms with van der Waals surface area (Å²) in [6.45, 7) is 9.29. The molecule has 0 aliphatic heterocycles. The van der Waals surface area contributed by atoms with Crippen molar-refractivity contribution < 1.29 is 9.47 Å². The summed E-state index contributed by atoms with van der Waals surface area (Å²) in [7, 11) is 0. The molecule has 1 aromatic carbocycles. The van der Waals surface area contributed by atoms with Crippen molar-refractivity contribution >= 4 is 0 Å². The van der Waals surface area contributed by atoms with Gasteiger partial charge >= 0.3 is 0 Å². The average Bonchev–Trinajstić information content (AvgIpc) is 2.49. The maximum atomic E-state index is 11.5. The van der Waals surface area contributed by atoms with E-state index in [2.05, 4.69) is 27.7 Å². The summed E-state index contributed by atoms with van der Waals surface area (Å²) in [5.41, 5.74) is -1.09. The predicted molar refractivity (Wildman–Crippen MR) is 80.5 cm³/mol. The maximum Gasteiger partial charge on any atom is 0.275 e. The third-order valence-corrected chi connectivity index (χ3v) is 4.06. The second-order valence-corrected chi connectivity index (χ2v) is 5.30. The Balaban J connectivity index is 2.62. The Kier molecular flexibility index (Phi) is 6.76. The molecule has 20 heavy (non-hydrogen) atoms. The van der Waals surface area contributed by atoms with E-state index in [1.165, 1.54) is 0 Å². The molecule has 0 saturated carbocycles. The van der Waals surface area contributed by atoms with Gasteiger partial charge in [0.1, 0.15) is 0 Å². The number of hydrogen-bond acceptors (Lipinski definition) is 4. The summed E-state index contributed by atoms with van der Waals surface area (Å²) in [6, 6.07) is 0. The standard InChI is InChI=1S/C16H26O4/c1-5-11(6-2)9-19-15-13(17)14(18)16(15)20-10-12(7-3)8-4/h11-12H,5-10H2,1-4H3. The third kappa shape index (κ3) is 3.84. The summed E-state index contributed by atoms with van der Waals surface area (Å²) >= 11 is 0. The summed E-state index contributed by atoms with van der Waals surface area (Å²) in [5.74, 6) is 1.08. The number of ether oxygens (including phenoxy) is 2. The first kappa shape index (κ1) is 16.7. The van der Waals surface area contributed by atoms with Gasteiger partial charge in [0, 0.05) is 0 Å². The normalized spacial score (nSPS) is 11.5. The highest BCUT2D eigenvalue weighted by molar-refractivity contribution is 5.45. The molecular weight excluding hydrogens is 256 g/mol. The van der Waals surface area contributed by atoms with E-state index in [0.29, 0.717) is 25.0 Å². The van der Waals surface area contributed by atoms with Crippen molar-refractivity contribution in [3.8, 4) is 11.5 Å². The monoisotopic (exact) mass is 282 g/mol. The molecule has 0 aliphatic rings. The van der Waals surface area contributed by atoms with Crippen molar-refractivity contribution in [2.24, 2.45) is 11.8 Å². The predicted octanol–water partition coefficient (Wildman–Crippen LogP) is 2.91. The van der Waals surface area contributed by atoms with Gasteiger partial charge in [0.25, 0.3) is 10.9 Å². The van der Waals surface area contributed by atoms with Gasteiger partial charge in [-0.05, 0) is 11.8 Å². The summed E-state index contributed by atoms with van der Waals surface area (Å²) in [5, 5.41) is 0. The smallest absolute Gasteiger partial charge is 0.275 e. The van der Waals surface area contributed by atoms with Crippen LogP contribution in [0, 0.1) is 11.8 Å². The van der Waals surface area contributed by atoms with Crippen LogP contribution in [-0.2, 0) is 0 Å². The van der Waals surface area contributed by atoms with Crippen LogP contribution >= 0.6 is 0 Å². The Labute approximate surface area is 120 Å². The van der Waals surface area contributed by atoms with Gasteiger partial charge in [0.05, 0.1) is 13.2 Å². The number of rotatable bonds is 10. The first-order valence-corrected chi connectivity index (χ1v) is 7.67. The fourth-order valence-electron chi connectivity index (χ4n) is 2.06. The lowest BCUT2D eigenvalue weighted by Crippen LogP contribution is -2.35. The number of hydrogen-bond donors (Lipinski definition) is 0. The van der Waals surface area contributed by atoms with Gasteiger partial charge < -0.3 is 9.47 Å². The molecule has 1 rings (SSSR count). The summed E-state index contributed by atoms with van der Waals surface area (Å²) in [6.07, 6.45) is 3.98. The third-order valence-electron chi connectivity index (χ3n) is 4.06. The van der Waals surface area contributed by atoms with Crippen LogP contribution in [0.1, 0.15) is 53.4 Å². The van der Waals surface area contributed by atoms with Crippen LogP contribution in [0.4, 0.5) is 0 Å². The lowest BCUT2D eigenvalue weighted by molar-refractivity contribution is 0.196. The van der Waals surface area contributed by atoms with Gasteiger partial charge in [0.15, 0.2) is 0 Å². The summed E-state index contributed by atoms with van der Waals surface area (Å²) in [4.78, 5) is 23.1. The molecule has 0 fully saturated rings. The lowest BCUT2D eigenvalue weighted by atomic mass is 10.1. The molecule has 0 amide bonds. The van der Waals surface area contributed by atoms with Crippen molar-refractivity contribution in [2.75, 3.05) is 13.2 Å². The quantitative estimate of drug-likeness (QED) is 0.619. The molecule has 4 heteroatoms. The van der Waals surface area contributed by atoms with Crippen molar-refractivity contribution in [3.05, 3.63) is 20.4 Å². The molecule has 114 valence electrons. The molecule has 0 bridgehead atoms. The molecule has 0 unspecified atom stereocenters. The van der Waals surface area contributed by atoms with Gasteiger partial charge in [-0.2, -0.15) is 0 Å². The lowest BCUT2D eigenvalue weighted by Gasteiger charge is -2.19.